The predicted molar refractivity (Wildman–Crippen MR) is 116 cm³/mol. The van der Waals surface area contributed by atoms with Crippen molar-refractivity contribution in [2.45, 2.75) is 77.7 Å². The first-order valence-corrected chi connectivity index (χ1v) is 10.5. The monoisotopic (exact) mass is 466 g/mol. The number of fused-ring (bicyclic) bond motifs is 2. The van der Waals surface area contributed by atoms with E-state index in [2.05, 4.69) is 25.0 Å². The molecule has 2 bridgehead atoms. The van der Waals surface area contributed by atoms with Crippen LogP contribution in [-0.2, 0) is 20.7 Å². The molecule has 33 heavy (non-hydrogen) atoms. The Bertz CT molecular complexity index is 998. The first kappa shape index (κ1) is 26.3. The Labute approximate surface area is 192 Å². The summed E-state index contributed by atoms with van der Waals surface area (Å²) in [5.74, 6) is 1.81. The molecule has 1 aromatic heterocycles. The molecule has 1 aliphatic rings. The van der Waals surface area contributed by atoms with Crippen LogP contribution in [0.2, 0.25) is 0 Å². The summed E-state index contributed by atoms with van der Waals surface area (Å²) in [6, 6.07) is 1.41. The Balaban J connectivity index is 2.63. The number of alkyl halides is 3. The van der Waals surface area contributed by atoms with Gasteiger partial charge in [0, 0.05) is 12.8 Å². The third kappa shape index (κ3) is 7.01. The maximum atomic E-state index is 12.9. The van der Waals surface area contributed by atoms with Crippen molar-refractivity contribution in [1.29, 1.82) is 0 Å². The van der Waals surface area contributed by atoms with Crippen LogP contribution in [-0.4, -0.2) is 29.8 Å². The van der Waals surface area contributed by atoms with Gasteiger partial charge in [0.25, 0.3) is 0 Å². The van der Waals surface area contributed by atoms with Crippen molar-refractivity contribution in [1.82, 2.24) is 0 Å². The Morgan fingerprint density at radius 1 is 1.15 bits per heavy atom. The minimum absolute atomic E-state index is 0.0861. The topological polar surface area (TPSA) is 65.7 Å². The summed E-state index contributed by atoms with van der Waals surface area (Å²) in [5.41, 5.74) is 0.595. The Morgan fingerprint density at radius 3 is 2.30 bits per heavy atom. The zero-order chi connectivity index (χ0) is 25.1. The third-order valence-electron chi connectivity index (χ3n) is 5.04. The molecule has 180 valence electrons. The molecule has 0 saturated heterocycles. The van der Waals surface area contributed by atoms with Crippen LogP contribution in [0, 0.1) is 17.8 Å². The first-order chi connectivity index (χ1) is 15.1. The van der Waals surface area contributed by atoms with Gasteiger partial charge in [-0.15, -0.1) is 0 Å². The molecule has 2 rings (SSSR count). The van der Waals surface area contributed by atoms with E-state index < -0.39 is 35.7 Å². The maximum absolute atomic E-state index is 12.9. The van der Waals surface area contributed by atoms with Gasteiger partial charge in [0.1, 0.15) is 22.7 Å². The van der Waals surface area contributed by atoms with Crippen molar-refractivity contribution in [3.05, 3.63) is 47.5 Å². The normalized spacial score (nSPS) is 21.2. The molecule has 0 spiro atoms. The molecular formula is C25H29F3O5. The van der Waals surface area contributed by atoms with E-state index in [0.717, 1.165) is 5.57 Å². The number of hydrogen-bond donors (Lipinski definition) is 0. The number of furan rings is 1. The number of esters is 2. The zero-order valence-electron chi connectivity index (χ0n) is 19.5. The molecule has 8 heteroatoms. The van der Waals surface area contributed by atoms with Gasteiger partial charge in [-0.2, -0.15) is 13.2 Å². The van der Waals surface area contributed by atoms with Crippen molar-refractivity contribution >= 4 is 11.9 Å². The molecular weight excluding hydrogens is 437 g/mol. The smallest absolute Gasteiger partial charge is 0.464 e. The summed E-state index contributed by atoms with van der Waals surface area (Å²) >= 11 is 0. The first-order valence-electron chi connectivity index (χ1n) is 10.5. The number of rotatable bonds is 4. The van der Waals surface area contributed by atoms with Gasteiger partial charge in [0.2, 0.25) is 0 Å². The van der Waals surface area contributed by atoms with E-state index in [4.69, 9.17) is 13.9 Å². The molecule has 0 aliphatic carbocycles. The molecule has 1 aromatic rings. The highest BCUT2D eigenvalue weighted by molar-refractivity contribution is 5.91. The van der Waals surface area contributed by atoms with Crippen molar-refractivity contribution in [3.8, 4) is 11.8 Å². The van der Waals surface area contributed by atoms with Crippen LogP contribution in [0.5, 0.6) is 0 Å². The summed E-state index contributed by atoms with van der Waals surface area (Å²) in [4.78, 5) is 24.5. The van der Waals surface area contributed by atoms with Crippen molar-refractivity contribution in [2.24, 2.45) is 5.92 Å². The maximum Gasteiger partial charge on any atom is 0.490 e. The number of carbonyl (C=O) groups excluding carboxylic acids is 2. The van der Waals surface area contributed by atoms with Crippen molar-refractivity contribution in [3.63, 3.8) is 0 Å². The largest absolute Gasteiger partial charge is 0.490 e. The summed E-state index contributed by atoms with van der Waals surface area (Å²) in [5, 5.41) is 0. The van der Waals surface area contributed by atoms with Gasteiger partial charge < -0.3 is 13.9 Å². The minimum atomic E-state index is -5.19. The Kier molecular flexibility index (Phi) is 7.89. The molecule has 1 aliphatic heterocycles. The summed E-state index contributed by atoms with van der Waals surface area (Å²) in [7, 11) is 0. The van der Waals surface area contributed by atoms with Gasteiger partial charge >= 0.3 is 18.1 Å². The average molecular weight is 466 g/mol. The van der Waals surface area contributed by atoms with Gasteiger partial charge in [-0.25, -0.2) is 9.59 Å². The van der Waals surface area contributed by atoms with E-state index in [1.54, 1.807) is 27.7 Å². The van der Waals surface area contributed by atoms with Crippen LogP contribution in [0.15, 0.2) is 34.8 Å². The molecule has 0 unspecified atom stereocenters. The highest BCUT2D eigenvalue weighted by atomic mass is 19.4. The second kappa shape index (κ2) is 9.90. The lowest BCUT2D eigenvalue weighted by molar-refractivity contribution is -0.203. The van der Waals surface area contributed by atoms with Crippen LogP contribution in [0.3, 0.4) is 0 Å². The fraction of sp³-hybridized carbons (Fsp3) is 0.520. The predicted octanol–water partition coefficient (Wildman–Crippen LogP) is 5.90. The van der Waals surface area contributed by atoms with Gasteiger partial charge in [0.15, 0.2) is 6.10 Å². The molecule has 0 N–H and O–H groups in total. The number of carbonyl (C=O) groups is 2. The zero-order valence-corrected chi connectivity index (χ0v) is 19.5. The second-order valence-corrected chi connectivity index (χ2v) is 9.24. The quantitative estimate of drug-likeness (QED) is 0.314. The molecule has 5 nitrogen and oxygen atoms in total. The SMILES string of the molecule is C=C(C)[C@@H]1CCC#C[C@@H](OC(=O)C(F)(F)F)[C@H](C(=C)C)c2cc(C(=O)OC(C)(C)C)c(o2)C1. The third-order valence-corrected chi connectivity index (χ3v) is 5.04. The average Bonchev–Trinajstić information content (AvgIpc) is 3.02. The molecule has 0 amide bonds. The summed E-state index contributed by atoms with van der Waals surface area (Å²) in [6.45, 7) is 16.4. The summed E-state index contributed by atoms with van der Waals surface area (Å²) < 4.78 is 54.9. The molecule has 2 heterocycles. The Morgan fingerprint density at radius 2 is 1.79 bits per heavy atom. The number of hydrogen-bond acceptors (Lipinski definition) is 5. The minimum Gasteiger partial charge on any atom is -0.464 e. The molecule has 3 atom stereocenters. The van der Waals surface area contributed by atoms with Gasteiger partial charge in [-0.3, -0.25) is 0 Å². The van der Waals surface area contributed by atoms with Crippen LogP contribution in [0.1, 0.15) is 75.3 Å². The summed E-state index contributed by atoms with van der Waals surface area (Å²) in [6.07, 6.45) is -5.49. The van der Waals surface area contributed by atoms with Crippen LogP contribution in [0.25, 0.3) is 0 Å². The lowest BCUT2D eigenvalue weighted by Crippen LogP contribution is -2.33. The van der Waals surface area contributed by atoms with Gasteiger partial charge in [-0.05, 0) is 53.0 Å². The van der Waals surface area contributed by atoms with Crippen LogP contribution in [0.4, 0.5) is 13.2 Å². The fourth-order valence-electron chi connectivity index (χ4n) is 3.44. The fourth-order valence-corrected chi connectivity index (χ4v) is 3.44. The lowest BCUT2D eigenvalue weighted by Gasteiger charge is -2.22. The second-order valence-electron chi connectivity index (χ2n) is 9.24. The molecule has 0 radical (unpaired) electrons. The van der Waals surface area contributed by atoms with E-state index in [1.165, 1.54) is 6.07 Å². The van der Waals surface area contributed by atoms with E-state index in [0.29, 0.717) is 30.6 Å². The van der Waals surface area contributed by atoms with E-state index in [1.807, 2.05) is 6.92 Å². The highest BCUT2D eigenvalue weighted by Crippen LogP contribution is 2.36. The van der Waals surface area contributed by atoms with Crippen molar-refractivity contribution < 1.29 is 36.7 Å². The van der Waals surface area contributed by atoms with Crippen LogP contribution >= 0.6 is 0 Å². The van der Waals surface area contributed by atoms with E-state index in [-0.39, 0.29) is 17.2 Å². The highest BCUT2D eigenvalue weighted by Gasteiger charge is 2.44. The molecule has 0 fully saturated rings. The Hall–Kier alpha value is -2.95. The number of halogens is 3. The van der Waals surface area contributed by atoms with E-state index in [9.17, 15) is 22.8 Å². The number of allylic oxidation sites excluding steroid dienone is 1. The van der Waals surface area contributed by atoms with E-state index >= 15 is 0 Å². The number of ether oxygens (including phenoxy) is 2. The van der Waals surface area contributed by atoms with Gasteiger partial charge in [-0.1, -0.05) is 36.1 Å². The standard InChI is InChI=1S/C25H29F3O5/c1-14(2)16-10-8-9-11-18(32-23(30)25(26,27)28)21(15(3)4)20-13-17(19(12-16)31-20)22(29)33-24(5,6)7/h13,16,18,21H,1,3,8,10,12H2,2,4-7H3/t16-,18-,21+/m1/s1. The lowest BCUT2D eigenvalue weighted by atomic mass is 9.89. The molecule has 0 aromatic carbocycles. The van der Waals surface area contributed by atoms with Gasteiger partial charge in [0.05, 0.1) is 5.92 Å². The van der Waals surface area contributed by atoms with Crippen LogP contribution < -0.4 is 0 Å². The molecule has 0 saturated carbocycles. The van der Waals surface area contributed by atoms with Crippen molar-refractivity contribution in [2.75, 3.05) is 0 Å².